The molecule has 148 valence electrons. The van der Waals surface area contributed by atoms with Crippen molar-refractivity contribution >= 4 is 20.0 Å². The van der Waals surface area contributed by atoms with Crippen molar-refractivity contribution in [3.8, 4) is 0 Å². The van der Waals surface area contributed by atoms with E-state index >= 15 is 0 Å². The lowest BCUT2D eigenvalue weighted by Crippen LogP contribution is -2.37. The molecule has 1 aromatic carbocycles. The highest BCUT2D eigenvalue weighted by Gasteiger charge is 2.27. The van der Waals surface area contributed by atoms with Gasteiger partial charge in [-0.2, -0.15) is 4.31 Å². The number of aryl methyl sites for hydroxylation is 1. The number of hydrogen-bond acceptors (Lipinski definition) is 6. The summed E-state index contributed by atoms with van der Waals surface area (Å²) in [7, 11) is -6.96. The Hall–Kier alpha value is -1.75. The zero-order chi connectivity index (χ0) is 19.7. The minimum Gasteiger partial charge on any atom is -0.361 e. The quantitative estimate of drug-likeness (QED) is 0.738. The molecule has 1 aliphatic rings. The molecule has 27 heavy (non-hydrogen) atoms. The normalized spacial score (nSPS) is 15.6. The minimum absolute atomic E-state index is 0.0415. The van der Waals surface area contributed by atoms with Gasteiger partial charge in [0.2, 0.25) is 20.0 Å². The standard InChI is InChI=1S/C17H23N3O5S2/c1-3-8-26(21,22)20-7-6-14-10-17(5-4-15(14)12-20)27(23,24)18-11-16-9-13(2)25-19-16/h4-5,9-10,18H,3,6-8,11-12H2,1-2H3. The lowest BCUT2D eigenvalue weighted by molar-refractivity contribution is 0.389. The van der Waals surface area contributed by atoms with Crippen LogP contribution in [0.25, 0.3) is 0 Å². The highest BCUT2D eigenvalue weighted by atomic mass is 32.2. The lowest BCUT2D eigenvalue weighted by Gasteiger charge is -2.28. The van der Waals surface area contributed by atoms with Crippen LogP contribution in [-0.4, -0.2) is 38.6 Å². The van der Waals surface area contributed by atoms with Gasteiger partial charge in [0.05, 0.1) is 22.9 Å². The Balaban J connectivity index is 1.74. The number of benzene rings is 1. The fourth-order valence-electron chi connectivity index (χ4n) is 3.05. The van der Waals surface area contributed by atoms with Gasteiger partial charge in [-0.05, 0) is 43.0 Å². The van der Waals surface area contributed by atoms with E-state index in [1.54, 1.807) is 25.1 Å². The predicted octanol–water partition coefficient (Wildman–Crippen LogP) is 1.56. The number of rotatable bonds is 7. The van der Waals surface area contributed by atoms with Crippen LogP contribution in [-0.2, 0) is 39.6 Å². The van der Waals surface area contributed by atoms with Crippen molar-refractivity contribution in [2.24, 2.45) is 0 Å². The first-order chi connectivity index (χ1) is 12.7. The molecule has 0 saturated carbocycles. The Morgan fingerprint density at radius 1 is 1.19 bits per heavy atom. The number of aromatic nitrogens is 1. The molecule has 0 unspecified atom stereocenters. The number of nitrogens with zero attached hydrogens (tertiary/aromatic N) is 2. The van der Waals surface area contributed by atoms with Crippen molar-refractivity contribution in [3.63, 3.8) is 0 Å². The molecule has 1 aliphatic heterocycles. The van der Waals surface area contributed by atoms with Crippen LogP contribution < -0.4 is 4.72 Å². The molecule has 0 bridgehead atoms. The number of sulfonamides is 2. The number of hydrogen-bond donors (Lipinski definition) is 1. The Kier molecular flexibility index (Phi) is 5.71. The molecule has 1 aromatic heterocycles. The van der Waals surface area contributed by atoms with E-state index in [1.807, 2.05) is 6.92 Å². The van der Waals surface area contributed by atoms with Gasteiger partial charge in [0.25, 0.3) is 0 Å². The number of nitrogens with one attached hydrogen (secondary N) is 1. The van der Waals surface area contributed by atoms with Crippen molar-refractivity contribution in [3.05, 3.63) is 46.8 Å². The van der Waals surface area contributed by atoms with Crippen molar-refractivity contribution in [1.29, 1.82) is 0 Å². The summed E-state index contributed by atoms with van der Waals surface area (Å²) in [6.07, 6.45) is 1.06. The summed E-state index contributed by atoms with van der Waals surface area (Å²) in [5.74, 6) is 0.737. The van der Waals surface area contributed by atoms with Gasteiger partial charge in [-0.25, -0.2) is 21.6 Å². The monoisotopic (exact) mass is 413 g/mol. The maximum atomic E-state index is 12.5. The fraction of sp³-hybridized carbons (Fsp3) is 0.471. The molecule has 0 atom stereocenters. The van der Waals surface area contributed by atoms with Gasteiger partial charge >= 0.3 is 0 Å². The Bertz CT molecular complexity index is 1030. The van der Waals surface area contributed by atoms with Gasteiger partial charge in [0, 0.05) is 19.2 Å². The van der Waals surface area contributed by atoms with Crippen molar-refractivity contribution in [2.45, 2.75) is 44.7 Å². The molecule has 0 amide bonds. The van der Waals surface area contributed by atoms with E-state index in [-0.39, 0.29) is 23.7 Å². The topological polar surface area (TPSA) is 110 Å². The van der Waals surface area contributed by atoms with Crippen LogP contribution in [0, 0.1) is 6.92 Å². The van der Waals surface area contributed by atoms with Crippen LogP contribution in [0.1, 0.15) is 35.9 Å². The molecule has 0 fully saturated rings. The SMILES string of the molecule is CCCS(=O)(=O)N1CCc2cc(S(=O)(=O)NCc3cc(C)on3)ccc2C1. The molecular formula is C17H23N3O5S2. The fourth-order valence-corrected chi connectivity index (χ4v) is 5.58. The molecule has 0 radical (unpaired) electrons. The van der Waals surface area contributed by atoms with Crippen molar-refractivity contribution < 1.29 is 21.4 Å². The summed E-state index contributed by atoms with van der Waals surface area (Å²) in [6, 6.07) is 6.49. The molecule has 2 heterocycles. The molecule has 10 heteroatoms. The Morgan fingerprint density at radius 3 is 2.63 bits per heavy atom. The minimum atomic E-state index is -3.70. The van der Waals surface area contributed by atoms with Gasteiger partial charge in [0.1, 0.15) is 5.76 Å². The van der Waals surface area contributed by atoms with Gasteiger partial charge in [-0.1, -0.05) is 18.1 Å². The first-order valence-corrected chi connectivity index (χ1v) is 11.8. The third-order valence-corrected chi connectivity index (χ3v) is 7.86. The van der Waals surface area contributed by atoms with E-state index in [2.05, 4.69) is 9.88 Å². The second-order valence-electron chi connectivity index (χ2n) is 6.58. The zero-order valence-electron chi connectivity index (χ0n) is 15.3. The zero-order valence-corrected chi connectivity index (χ0v) is 16.9. The summed E-state index contributed by atoms with van der Waals surface area (Å²) in [5, 5.41) is 3.76. The third-order valence-electron chi connectivity index (χ3n) is 4.44. The maximum absolute atomic E-state index is 12.5. The molecule has 2 aromatic rings. The van der Waals surface area contributed by atoms with Crippen LogP contribution in [0.4, 0.5) is 0 Å². The lowest BCUT2D eigenvalue weighted by atomic mass is 10.0. The molecule has 3 rings (SSSR count). The summed E-state index contributed by atoms with van der Waals surface area (Å²) in [5.41, 5.74) is 2.20. The molecule has 8 nitrogen and oxygen atoms in total. The second-order valence-corrected chi connectivity index (χ2v) is 10.4. The van der Waals surface area contributed by atoms with Crippen LogP contribution in [0.5, 0.6) is 0 Å². The van der Waals surface area contributed by atoms with Crippen LogP contribution in [0.15, 0.2) is 33.7 Å². The molecule has 0 saturated heterocycles. The molecule has 1 N–H and O–H groups in total. The van der Waals surface area contributed by atoms with Crippen LogP contribution in [0.3, 0.4) is 0 Å². The van der Waals surface area contributed by atoms with Crippen molar-refractivity contribution in [1.82, 2.24) is 14.2 Å². The highest BCUT2D eigenvalue weighted by molar-refractivity contribution is 7.89. The predicted molar refractivity (Wildman–Crippen MR) is 99.9 cm³/mol. The van der Waals surface area contributed by atoms with Crippen LogP contribution in [0.2, 0.25) is 0 Å². The molecular weight excluding hydrogens is 390 g/mol. The highest BCUT2D eigenvalue weighted by Crippen LogP contribution is 2.24. The average molecular weight is 414 g/mol. The maximum Gasteiger partial charge on any atom is 0.240 e. The van der Waals surface area contributed by atoms with E-state index in [0.29, 0.717) is 30.8 Å². The third kappa shape index (κ3) is 4.57. The van der Waals surface area contributed by atoms with Gasteiger partial charge in [0.15, 0.2) is 0 Å². The van der Waals surface area contributed by atoms with E-state index in [9.17, 15) is 16.8 Å². The van der Waals surface area contributed by atoms with Crippen LogP contribution >= 0.6 is 0 Å². The largest absolute Gasteiger partial charge is 0.361 e. The summed E-state index contributed by atoms with van der Waals surface area (Å²) < 4.78 is 58.5. The summed E-state index contributed by atoms with van der Waals surface area (Å²) in [6.45, 7) is 4.26. The Labute approximate surface area is 159 Å². The van der Waals surface area contributed by atoms with E-state index in [0.717, 1.165) is 11.1 Å². The van der Waals surface area contributed by atoms with Gasteiger partial charge < -0.3 is 4.52 Å². The van der Waals surface area contributed by atoms with Gasteiger partial charge in [-0.3, -0.25) is 0 Å². The van der Waals surface area contributed by atoms with Crippen molar-refractivity contribution in [2.75, 3.05) is 12.3 Å². The first-order valence-electron chi connectivity index (χ1n) is 8.73. The Morgan fingerprint density at radius 2 is 1.96 bits per heavy atom. The number of fused-ring (bicyclic) bond motifs is 1. The molecule has 0 aliphatic carbocycles. The van der Waals surface area contributed by atoms with E-state index < -0.39 is 20.0 Å². The summed E-state index contributed by atoms with van der Waals surface area (Å²) >= 11 is 0. The van der Waals surface area contributed by atoms with E-state index in [1.165, 1.54) is 10.4 Å². The van der Waals surface area contributed by atoms with Gasteiger partial charge in [-0.15, -0.1) is 0 Å². The summed E-state index contributed by atoms with van der Waals surface area (Å²) in [4.78, 5) is 0.159. The first kappa shape index (κ1) is 20.0. The van der Waals surface area contributed by atoms with E-state index in [4.69, 9.17) is 4.52 Å². The second kappa shape index (κ2) is 7.70. The molecule has 0 spiro atoms. The average Bonchev–Trinajstić information content (AvgIpc) is 3.04. The smallest absolute Gasteiger partial charge is 0.240 e.